The average Bonchev–Trinajstić information content (AvgIpc) is 2.34. The van der Waals surface area contributed by atoms with Crippen molar-refractivity contribution in [1.82, 2.24) is 9.97 Å². The molecule has 2 aromatic rings. The lowest BCUT2D eigenvalue weighted by Gasteiger charge is -2.08. The molecule has 18 heavy (non-hydrogen) atoms. The van der Waals surface area contributed by atoms with Crippen molar-refractivity contribution in [2.75, 3.05) is 17.6 Å². The van der Waals surface area contributed by atoms with Gasteiger partial charge in [-0.15, -0.1) is 0 Å². The van der Waals surface area contributed by atoms with Crippen molar-refractivity contribution < 1.29 is 4.39 Å². The van der Waals surface area contributed by atoms with E-state index in [0.717, 1.165) is 23.4 Å². The van der Waals surface area contributed by atoms with Gasteiger partial charge in [-0.05, 0) is 31.0 Å². The summed E-state index contributed by atoms with van der Waals surface area (Å²) in [7, 11) is 0. The molecular weight excluding hydrogens is 231 g/mol. The van der Waals surface area contributed by atoms with Crippen molar-refractivity contribution in [1.29, 1.82) is 0 Å². The van der Waals surface area contributed by atoms with Gasteiger partial charge in [-0.3, -0.25) is 0 Å². The Bertz CT molecular complexity index is 542. The van der Waals surface area contributed by atoms with Gasteiger partial charge in [0, 0.05) is 18.3 Å². The van der Waals surface area contributed by atoms with Crippen LogP contribution in [0.2, 0.25) is 0 Å². The fourth-order valence-electron chi connectivity index (χ4n) is 1.65. The summed E-state index contributed by atoms with van der Waals surface area (Å²) in [5.41, 5.74) is 7.40. The first-order valence-electron chi connectivity index (χ1n) is 5.72. The summed E-state index contributed by atoms with van der Waals surface area (Å²) in [6.45, 7) is 2.57. The van der Waals surface area contributed by atoms with Crippen LogP contribution in [0, 0.1) is 12.7 Å². The number of nitrogen functional groups attached to an aromatic ring is 1. The third-order valence-electron chi connectivity index (χ3n) is 2.59. The highest BCUT2D eigenvalue weighted by Crippen LogP contribution is 2.11. The number of hydrogen-bond acceptors (Lipinski definition) is 4. The van der Waals surface area contributed by atoms with Crippen LogP contribution >= 0.6 is 0 Å². The Hall–Kier alpha value is -2.17. The summed E-state index contributed by atoms with van der Waals surface area (Å²) in [6, 6.07) is 6.57. The molecule has 94 valence electrons. The SMILES string of the molecule is Cc1cnc(N)nc1NCCc1cccc(F)c1. The Morgan fingerprint density at radius 3 is 3.00 bits per heavy atom. The number of anilines is 2. The molecular formula is C13H15FN4. The van der Waals surface area contributed by atoms with Crippen molar-refractivity contribution in [2.45, 2.75) is 13.3 Å². The van der Waals surface area contributed by atoms with Crippen LogP contribution in [0.5, 0.6) is 0 Å². The van der Waals surface area contributed by atoms with Crippen LogP contribution in [0.15, 0.2) is 30.5 Å². The van der Waals surface area contributed by atoms with E-state index >= 15 is 0 Å². The van der Waals surface area contributed by atoms with Crippen LogP contribution in [-0.4, -0.2) is 16.5 Å². The Morgan fingerprint density at radius 1 is 1.39 bits per heavy atom. The predicted octanol–water partition coefficient (Wildman–Crippen LogP) is 2.16. The quantitative estimate of drug-likeness (QED) is 0.867. The maximum atomic E-state index is 13.0. The van der Waals surface area contributed by atoms with E-state index in [1.54, 1.807) is 12.3 Å². The standard InChI is InChI=1S/C13H15FN4/c1-9-8-17-13(15)18-12(9)16-6-5-10-3-2-4-11(14)7-10/h2-4,7-8H,5-6H2,1H3,(H3,15,16,17,18). The second-order valence-corrected chi connectivity index (χ2v) is 4.07. The fourth-order valence-corrected chi connectivity index (χ4v) is 1.65. The largest absolute Gasteiger partial charge is 0.369 e. The Balaban J connectivity index is 1.94. The first kappa shape index (κ1) is 12.3. The molecule has 0 atom stereocenters. The number of aryl methyl sites for hydroxylation is 1. The van der Waals surface area contributed by atoms with Crippen molar-refractivity contribution in [3.8, 4) is 0 Å². The number of benzene rings is 1. The second-order valence-electron chi connectivity index (χ2n) is 4.07. The lowest BCUT2D eigenvalue weighted by molar-refractivity contribution is 0.625. The van der Waals surface area contributed by atoms with Gasteiger partial charge in [-0.25, -0.2) is 9.37 Å². The molecule has 3 N–H and O–H groups in total. The Morgan fingerprint density at radius 2 is 2.22 bits per heavy atom. The number of nitrogens with two attached hydrogens (primary N) is 1. The molecule has 0 spiro atoms. The maximum Gasteiger partial charge on any atom is 0.221 e. The zero-order valence-electron chi connectivity index (χ0n) is 10.2. The molecule has 1 aromatic heterocycles. The predicted molar refractivity (Wildman–Crippen MR) is 69.8 cm³/mol. The molecule has 0 fully saturated rings. The highest BCUT2D eigenvalue weighted by molar-refractivity contribution is 5.45. The van der Waals surface area contributed by atoms with E-state index in [4.69, 9.17) is 5.73 Å². The topological polar surface area (TPSA) is 63.8 Å². The molecule has 2 rings (SSSR count). The summed E-state index contributed by atoms with van der Waals surface area (Å²) in [6.07, 6.45) is 2.40. The monoisotopic (exact) mass is 246 g/mol. The summed E-state index contributed by atoms with van der Waals surface area (Å²) in [4.78, 5) is 8.00. The van der Waals surface area contributed by atoms with Crippen molar-refractivity contribution in [3.63, 3.8) is 0 Å². The molecule has 0 radical (unpaired) electrons. The second kappa shape index (κ2) is 5.44. The van der Waals surface area contributed by atoms with Crippen LogP contribution in [0.4, 0.5) is 16.2 Å². The van der Waals surface area contributed by atoms with Gasteiger partial charge in [0.25, 0.3) is 0 Å². The summed E-state index contributed by atoms with van der Waals surface area (Å²) < 4.78 is 13.0. The molecule has 0 aliphatic rings. The van der Waals surface area contributed by atoms with Crippen LogP contribution in [-0.2, 0) is 6.42 Å². The lowest BCUT2D eigenvalue weighted by Crippen LogP contribution is -2.09. The summed E-state index contributed by atoms with van der Waals surface area (Å²) in [5.74, 6) is 0.753. The summed E-state index contributed by atoms with van der Waals surface area (Å²) >= 11 is 0. The Labute approximate surface area is 105 Å². The molecule has 1 aromatic carbocycles. The number of nitrogens with zero attached hydrogens (tertiary/aromatic N) is 2. The van der Waals surface area contributed by atoms with E-state index in [1.165, 1.54) is 12.1 Å². The Kier molecular flexibility index (Phi) is 3.72. The van der Waals surface area contributed by atoms with Crippen LogP contribution in [0.3, 0.4) is 0 Å². The molecule has 0 bridgehead atoms. The van der Waals surface area contributed by atoms with Gasteiger partial charge in [0.1, 0.15) is 11.6 Å². The smallest absolute Gasteiger partial charge is 0.221 e. The molecule has 0 saturated heterocycles. The van der Waals surface area contributed by atoms with Crippen molar-refractivity contribution >= 4 is 11.8 Å². The number of hydrogen-bond donors (Lipinski definition) is 2. The number of rotatable bonds is 4. The van der Waals surface area contributed by atoms with Crippen LogP contribution in [0.25, 0.3) is 0 Å². The highest BCUT2D eigenvalue weighted by atomic mass is 19.1. The van der Waals surface area contributed by atoms with Gasteiger partial charge in [-0.1, -0.05) is 12.1 Å². The van der Waals surface area contributed by atoms with Gasteiger partial charge in [0.05, 0.1) is 0 Å². The van der Waals surface area contributed by atoms with Gasteiger partial charge >= 0.3 is 0 Å². The van der Waals surface area contributed by atoms with E-state index in [-0.39, 0.29) is 11.8 Å². The zero-order valence-corrected chi connectivity index (χ0v) is 10.2. The number of aromatic nitrogens is 2. The van der Waals surface area contributed by atoms with Gasteiger partial charge in [0.2, 0.25) is 5.95 Å². The van der Waals surface area contributed by atoms with Crippen molar-refractivity contribution in [3.05, 3.63) is 47.4 Å². The maximum absolute atomic E-state index is 13.0. The van der Waals surface area contributed by atoms with Crippen molar-refractivity contribution in [2.24, 2.45) is 0 Å². The number of nitrogens with one attached hydrogen (secondary N) is 1. The van der Waals surface area contributed by atoms with Crippen LogP contribution in [0.1, 0.15) is 11.1 Å². The molecule has 0 aliphatic heterocycles. The minimum Gasteiger partial charge on any atom is -0.369 e. The van der Waals surface area contributed by atoms with E-state index in [2.05, 4.69) is 15.3 Å². The molecule has 0 saturated carbocycles. The van der Waals surface area contributed by atoms with Gasteiger partial charge < -0.3 is 11.1 Å². The van der Waals surface area contributed by atoms with E-state index in [1.807, 2.05) is 13.0 Å². The first-order valence-corrected chi connectivity index (χ1v) is 5.72. The van der Waals surface area contributed by atoms with E-state index < -0.39 is 0 Å². The highest BCUT2D eigenvalue weighted by Gasteiger charge is 2.01. The number of halogens is 1. The normalized spacial score (nSPS) is 10.3. The van der Waals surface area contributed by atoms with Gasteiger partial charge in [0.15, 0.2) is 0 Å². The van der Waals surface area contributed by atoms with E-state index in [9.17, 15) is 4.39 Å². The average molecular weight is 246 g/mol. The first-order chi connectivity index (χ1) is 8.65. The van der Waals surface area contributed by atoms with Gasteiger partial charge in [-0.2, -0.15) is 4.98 Å². The third kappa shape index (κ3) is 3.16. The molecule has 5 heteroatoms. The molecule has 0 amide bonds. The van der Waals surface area contributed by atoms with E-state index in [0.29, 0.717) is 6.54 Å². The molecule has 0 aliphatic carbocycles. The molecule has 1 heterocycles. The molecule has 0 unspecified atom stereocenters. The van der Waals surface area contributed by atoms with Crippen LogP contribution < -0.4 is 11.1 Å². The zero-order chi connectivity index (χ0) is 13.0. The minimum atomic E-state index is -0.213. The summed E-state index contributed by atoms with van der Waals surface area (Å²) in [5, 5.41) is 3.17. The lowest BCUT2D eigenvalue weighted by atomic mass is 10.1. The minimum absolute atomic E-state index is 0.213. The molecule has 4 nitrogen and oxygen atoms in total. The fraction of sp³-hybridized carbons (Fsp3) is 0.231. The third-order valence-corrected chi connectivity index (χ3v) is 2.59.